The summed E-state index contributed by atoms with van der Waals surface area (Å²) in [4.78, 5) is 21.2. The Morgan fingerprint density at radius 3 is 1.21 bits per heavy atom. The summed E-state index contributed by atoms with van der Waals surface area (Å²) in [5, 5.41) is 17.4. The summed E-state index contributed by atoms with van der Waals surface area (Å²) in [5.74, 6) is -1.86. The molecule has 0 saturated carbocycles. The van der Waals surface area contributed by atoms with Gasteiger partial charge in [-0.2, -0.15) is 0 Å². The predicted molar refractivity (Wildman–Crippen MR) is 97.7 cm³/mol. The van der Waals surface area contributed by atoms with Crippen molar-refractivity contribution in [1.82, 2.24) is 0 Å². The average Bonchev–Trinajstić information content (AvgIpc) is 2.51. The van der Waals surface area contributed by atoms with Gasteiger partial charge >= 0.3 is 11.9 Å². The minimum Gasteiger partial charge on any atom is -0.478 e. The van der Waals surface area contributed by atoms with Crippen molar-refractivity contribution in [3.8, 4) is 0 Å². The first-order valence-corrected chi connectivity index (χ1v) is 7.42. The Labute approximate surface area is 143 Å². The van der Waals surface area contributed by atoms with Gasteiger partial charge in [-0.3, -0.25) is 0 Å². The number of carboxylic acids is 2. The summed E-state index contributed by atoms with van der Waals surface area (Å²) in [6.07, 6.45) is 17.7. The fraction of sp³-hybridized carbons (Fsp3) is 0.200. The lowest BCUT2D eigenvalue weighted by atomic mass is 10.2. The first-order chi connectivity index (χ1) is 11.2. The van der Waals surface area contributed by atoms with Crippen LogP contribution in [0.1, 0.15) is 27.7 Å². The van der Waals surface area contributed by atoms with Gasteiger partial charge in [-0.25, -0.2) is 9.59 Å². The number of hydrogen-bond donors (Lipinski definition) is 2. The van der Waals surface area contributed by atoms with Gasteiger partial charge in [0.25, 0.3) is 0 Å². The molecule has 0 bridgehead atoms. The van der Waals surface area contributed by atoms with Crippen LogP contribution in [0.4, 0.5) is 0 Å². The fourth-order valence-electron chi connectivity index (χ4n) is 1.36. The van der Waals surface area contributed by atoms with Crippen LogP contribution in [-0.2, 0) is 9.59 Å². The molecule has 4 nitrogen and oxygen atoms in total. The number of carboxylic acid groups (broad SMARTS) is 2. The van der Waals surface area contributed by atoms with Gasteiger partial charge < -0.3 is 10.2 Å². The number of hydrogen-bond acceptors (Lipinski definition) is 2. The molecule has 128 valence electrons. The largest absolute Gasteiger partial charge is 0.478 e. The Bertz CT molecular complexity index is 608. The van der Waals surface area contributed by atoms with E-state index in [9.17, 15) is 9.59 Å². The SMILES string of the molecule is CC(=C/C=C/C=C(C)\C=C\C=C(/C)C(=O)O)/C=C/C=C(\C)C(=O)O. The third-order valence-electron chi connectivity index (χ3n) is 2.91. The lowest BCUT2D eigenvalue weighted by molar-refractivity contribution is -0.133. The summed E-state index contributed by atoms with van der Waals surface area (Å²) in [6.45, 7) is 6.92. The van der Waals surface area contributed by atoms with Crippen molar-refractivity contribution in [1.29, 1.82) is 0 Å². The van der Waals surface area contributed by atoms with Gasteiger partial charge in [0.05, 0.1) is 0 Å². The van der Waals surface area contributed by atoms with E-state index in [-0.39, 0.29) is 11.1 Å². The molecule has 0 aliphatic carbocycles. The second-order valence-corrected chi connectivity index (χ2v) is 5.23. The highest BCUT2D eigenvalue weighted by molar-refractivity contribution is 5.86. The average molecular weight is 328 g/mol. The van der Waals surface area contributed by atoms with Crippen molar-refractivity contribution < 1.29 is 19.8 Å². The molecule has 4 heteroatoms. The highest BCUT2D eigenvalue weighted by atomic mass is 16.4. The molecule has 24 heavy (non-hydrogen) atoms. The smallest absolute Gasteiger partial charge is 0.331 e. The van der Waals surface area contributed by atoms with Crippen molar-refractivity contribution in [2.24, 2.45) is 0 Å². The van der Waals surface area contributed by atoms with E-state index in [1.165, 1.54) is 0 Å². The Morgan fingerprint density at radius 1 is 0.583 bits per heavy atom. The quantitative estimate of drug-likeness (QED) is 0.504. The van der Waals surface area contributed by atoms with E-state index in [2.05, 4.69) is 0 Å². The molecule has 0 heterocycles. The normalized spacial score (nSPS) is 15.0. The lowest BCUT2D eigenvalue weighted by Gasteiger charge is -1.90. The summed E-state index contributed by atoms with van der Waals surface area (Å²) in [6, 6.07) is 0. The molecule has 0 atom stereocenters. The number of aliphatic carboxylic acids is 2. The van der Waals surface area contributed by atoms with Crippen LogP contribution in [-0.4, -0.2) is 22.2 Å². The molecular weight excluding hydrogens is 304 g/mol. The number of rotatable bonds is 8. The van der Waals surface area contributed by atoms with E-state index in [1.807, 2.05) is 50.3 Å². The van der Waals surface area contributed by atoms with E-state index in [1.54, 1.807) is 38.2 Å². The zero-order valence-electron chi connectivity index (χ0n) is 14.5. The summed E-state index contributed by atoms with van der Waals surface area (Å²) >= 11 is 0. The second kappa shape index (κ2) is 11.7. The monoisotopic (exact) mass is 328 g/mol. The first kappa shape index (κ1) is 21.1. The van der Waals surface area contributed by atoms with Crippen LogP contribution in [0.2, 0.25) is 0 Å². The van der Waals surface area contributed by atoms with Gasteiger partial charge in [0.15, 0.2) is 0 Å². The van der Waals surface area contributed by atoms with E-state index < -0.39 is 11.9 Å². The highest BCUT2D eigenvalue weighted by Gasteiger charge is 1.96. The molecule has 0 amide bonds. The Balaban J connectivity index is 4.63. The number of allylic oxidation sites excluding steroid dienone is 12. The van der Waals surface area contributed by atoms with Gasteiger partial charge in [-0.15, -0.1) is 0 Å². The molecule has 0 fully saturated rings. The molecule has 0 aliphatic rings. The Kier molecular flexibility index (Phi) is 10.3. The van der Waals surface area contributed by atoms with E-state index in [0.29, 0.717) is 0 Å². The first-order valence-electron chi connectivity index (χ1n) is 7.42. The van der Waals surface area contributed by atoms with Crippen LogP contribution in [0.3, 0.4) is 0 Å². The maximum atomic E-state index is 10.6. The van der Waals surface area contributed by atoms with Crippen molar-refractivity contribution in [2.75, 3.05) is 0 Å². The number of carbonyl (C=O) groups is 2. The highest BCUT2D eigenvalue weighted by Crippen LogP contribution is 2.01. The van der Waals surface area contributed by atoms with Crippen molar-refractivity contribution in [3.05, 3.63) is 83.1 Å². The molecule has 0 aromatic heterocycles. The van der Waals surface area contributed by atoms with Crippen LogP contribution >= 0.6 is 0 Å². The molecule has 0 saturated heterocycles. The molecule has 0 rings (SSSR count). The third-order valence-corrected chi connectivity index (χ3v) is 2.91. The fourth-order valence-corrected chi connectivity index (χ4v) is 1.36. The molecule has 0 aromatic rings. The molecular formula is C20H24O4. The zero-order valence-corrected chi connectivity index (χ0v) is 14.5. The molecule has 0 aromatic carbocycles. The van der Waals surface area contributed by atoms with E-state index in [0.717, 1.165) is 11.1 Å². The lowest BCUT2D eigenvalue weighted by Crippen LogP contribution is -1.94. The van der Waals surface area contributed by atoms with Gasteiger partial charge in [0.1, 0.15) is 0 Å². The van der Waals surface area contributed by atoms with Crippen LogP contribution < -0.4 is 0 Å². The summed E-state index contributed by atoms with van der Waals surface area (Å²) in [5.41, 5.74) is 2.55. The Hall–Kier alpha value is -2.88. The third kappa shape index (κ3) is 10.8. The molecule has 0 radical (unpaired) electrons. The molecule has 0 unspecified atom stereocenters. The molecule has 0 spiro atoms. The zero-order chi connectivity index (χ0) is 18.5. The predicted octanol–water partition coefficient (Wildman–Crippen LogP) is 4.61. The summed E-state index contributed by atoms with van der Waals surface area (Å²) < 4.78 is 0. The topological polar surface area (TPSA) is 74.6 Å². The van der Waals surface area contributed by atoms with Crippen LogP contribution in [0, 0.1) is 0 Å². The maximum absolute atomic E-state index is 10.6. The molecule has 2 N–H and O–H groups in total. The van der Waals surface area contributed by atoms with Gasteiger partial charge in [0, 0.05) is 11.1 Å². The van der Waals surface area contributed by atoms with Crippen LogP contribution in [0.15, 0.2) is 83.1 Å². The van der Waals surface area contributed by atoms with E-state index >= 15 is 0 Å². The summed E-state index contributed by atoms with van der Waals surface area (Å²) in [7, 11) is 0. The van der Waals surface area contributed by atoms with Crippen LogP contribution in [0.5, 0.6) is 0 Å². The molecule has 0 aliphatic heterocycles. The van der Waals surface area contributed by atoms with Gasteiger partial charge in [-0.05, 0) is 27.7 Å². The van der Waals surface area contributed by atoms with Gasteiger partial charge in [-0.1, -0.05) is 71.9 Å². The van der Waals surface area contributed by atoms with E-state index in [4.69, 9.17) is 10.2 Å². The maximum Gasteiger partial charge on any atom is 0.331 e. The standard InChI is InChI=1S/C20H24O4/c1-15(11-7-13-17(3)19(21)22)9-5-6-10-16(2)12-8-14-18(4)20(23)24/h5-14H,1-4H3,(H,21,22)(H,23,24)/b6-5+,11-7+,12-8+,15-9-,16-10-,17-13+,18-14+. The Morgan fingerprint density at radius 2 is 0.917 bits per heavy atom. The van der Waals surface area contributed by atoms with Crippen molar-refractivity contribution in [2.45, 2.75) is 27.7 Å². The van der Waals surface area contributed by atoms with Gasteiger partial charge in [0.2, 0.25) is 0 Å². The van der Waals surface area contributed by atoms with Crippen molar-refractivity contribution in [3.63, 3.8) is 0 Å². The van der Waals surface area contributed by atoms with Crippen LogP contribution in [0.25, 0.3) is 0 Å². The van der Waals surface area contributed by atoms with Crippen molar-refractivity contribution >= 4 is 11.9 Å². The minimum atomic E-state index is -0.928. The second-order valence-electron chi connectivity index (χ2n) is 5.23. The minimum absolute atomic E-state index is 0.284.